The Morgan fingerprint density at radius 1 is 0.647 bits per heavy atom. The largest absolute Gasteiger partial charge is 0.247 e. The Morgan fingerprint density at radius 2 is 1.18 bits per heavy atom. The van der Waals surface area contributed by atoms with E-state index in [1.807, 2.05) is 0 Å². The second kappa shape index (κ2) is 6.70. The van der Waals surface area contributed by atoms with Crippen molar-refractivity contribution in [3.05, 3.63) is 0 Å². The first-order chi connectivity index (χ1) is 8.24. The van der Waals surface area contributed by atoms with Gasteiger partial charge in [0.05, 0.1) is 0 Å². The Balaban J connectivity index is 1.69. The van der Waals surface area contributed by atoms with Crippen LogP contribution in [0.1, 0.15) is 70.6 Å². The van der Waals surface area contributed by atoms with Crippen molar-refractivity contribution < 1.29 is 8.78 Å². The molecule has 2 atom stereocenters. The summed E-state index contributed by atoms with van der Waals surface area (Å²) in [5.41, 5.74) is 0. The molecule has 2 aliphatic carbocycles. The number of hydrogen-bond acceptors (Lipinski definition) is 0. The topological polar surface area (TPSA) is 0 Å². The third kappa shape index (κ3) is 4.56. The summed E-state index contributed by atoms with van der Waals surface area (Å²) in [5, 5.41) is 0. The standard InChI is InChI=1S/C15H26F2/c16-14-9-13(10-15(17)11-14)8-7-12-5-3-1-2-4-6-12/h12-15H,1-11H2. The van der Waals surface area contributed by atoms with Gasteiger partial charge in [0.25, 0.3) is 0 Å². The van der Waals surface area contributed by atoms with Crippen LogP contribution in [0.3, 0.4) is 0 Å². The SMILES string of the molecule is FC1CC(F)CC(CCC2CCCCCC2)C1. The maximum absolute atomic E-state index is 13.3. The smallest absolute Gasteiger partial charge is 0.103 e. The zero-order valence-corrected chi connectivity index (χ0v) is 10.8. The fourth-order valence-corrected chi connectivity index (χ4v) is 3.65. The molecular weight excluding hydrogens is 218 g/mol. The second-order valence-electron chi connectivity index (χ2n) is 6.20. The Labute approximate surface area is 104 Å². The first-order valence-corrected chi connectivity index (χ1v) is 7.52. The summed E-state index contributed by atoms with van der Waals surface area (Å²) >= 11 is 0. The van der Waals surface area contributed by atoms with Gasteiger partial charge in [0.1, 0.15) is 12.3 Å². The lowest BCUT2D eigenvalue weighted by Gasteiger charge is -2.28. The van der Waals surface area contributed by atoms with Crippen molar-refractivity contribution in [2.75, 3.05) is 0 Å². The fourth-order valence-electron chi connectivity index (χ4n) is 3.65. The van der Waals surface area contributed by atoms with Crippen LogP contribution in [-0.2, 0) is 0 Å². The van der Waals surface area contributed by atoms with Crippen molar-refractivity contribution in [1.29, 1.82) is 0 Å². The highest BCUT2D eigenvalue weighted by Crippen LogP contribution is 2.34. The summed E-state index contributed by atoms with van der Waals surface area (Å²) in [6.45, 7) is 0. The Hall–Kier alpha value is -0.140. The molecule has 2 unspecified atom stereocenters. The first-order valence-electron chi connectivity index (χ1n) is 7.52. The Bertz CT molecular complexity index is 199. The van der Waals surface area contributed by atoms with Gasteiger partial charge in [-0.05, 0) is 31.1 Å². The van der Waals surface area contributed by atoms with E-state index in [9.17, 15) is 8.78 Å². The molecule has 0 heterocycles. The van der Waals surface area contributed by atoms with Gasteiger partial charge in [-0.2, -0.15) is 0 Å². The zero-order valence-electron chi connectivity index (χ0n) is 10.8. The summed E-state index contributed by atoms with van der Waals surface area (Å²) in [6.07, 6.45) is 10.1. The lowest BCUT2D eigenvalue weighted by atomic mass is 9.81. The minimum atomic E-state index is -0.877. The molecule has 0 N–H and O–H groups in total. The molecule has 0 aliphatic heterocycles. The van der Waals surface area contributed by atoms with Gasteiger partial charge in [-0.3, -0.25) is 0 Å². The van der Waals surface area contributed by atoms with Crippen LogP contribution in [0.5, 0.6) is 0 Å². The lowest BCUT2D eigenvalue weighted by molar-refractivity contribution is 0.108. The third-order valence-electron chi connectivity index (χ3n) is 4.65. The van der Waals surface area contributed by atoms with Gasteiger partial charge in [-0.15, -0.1) is 0 Å². The van der Waals surface area contributed by atoms with Crippen LogP contribution in [-0.4, -0.2) is 12.3 Å². The number of hydrogen-bond donors (Lipinski definition) is 0. The predicted octanol–water partition coefficient (Wildman–Crippen LogP) is 5.21. The maximum Gasteiger partial charge on any atom is 0.103 e. The molecule has 17 heavy (non-hydrogen) atoms. The van der Waals surface area contributed by atoms with Crippen LogP contribution >= 0.6 is 0 Å². The Kier molecular flexibility index (Phi) is 5.24. The van der Waals surface area contributed by atoms with Crippen molar-refractivity contribution in [2.45, 2.75) is 83.0 Å². The van der Waals surface area contributed by atoms with E-state index in [-0.39, 0.29) is 6.42 Å². The van der Waals surface area contributed by atoms with Gasteiger partial charge in [0, 0.05) is 6.42 Å². The van der Waals surface area contributed by atoms with E-state index in [0.29, 0.717) is 18.8 Å². The molecule has 2 heteroatoms. The molecule has 0 radical (unpaired) electrons. The Morgan fingerprint density at radius 3 is 1.76 bits per heavy atom. The van der Waals surface area contributed by atoms with E-state index >= 15 is 0 Å². The summed E-state index contributed by atoms with van der Waals surface area (Å²) in [6, 6.07) is 0. The van der Waals surface area contributed by atoms with Crippen molar-refractivity contribution in [1.82, 2.24) is 0 Å². The quantitative estimate of drug-likeness (QED) is 0.597. The summed E-state index contributed by atoms with van der Waals surface area (Å²) in [4.78, 5) is 0. The van der Waals surface area contributed by atoms with E-state index in [4.69, 9.17) is 0 Å². The molecule has 0 aromatic heterocycles. The molecule has 2 saturated carbocycles. The van der Waals surface area contributed by atoms with E-state index in [1.54, 1.807) is 0 Å². The summed E-state index contributed by atoms with van der Waals surface area (Å²) < 4.78 is 26.5. The molecule has 2 aliphatic rings. The minimum absolute atomic E-state index is 0.153. The average Bonchev–Trinajstić information content (AvgIpc) is 2.53. The van der Waals surface area contributed by atoms with Crippen LogP contribution in [0.2, 0.25) is 0 Å². The van der Waals surface area contributed by atoms with Crippen LogP contribution in [0.25, 0.3) is 0 Å². The van der Waals surface area contributed by atoms with Gasteiger partial charge in [0.2, 0.25) is 0 Å². The molecular formula is C15H26F2. The average molecular weight is 244 g/mol. The number of alkyl halides is 2. The van der Waals surface area contributed by atoms with Gasteiger partial charge in [-0.1, -0.05) is 44.9 Å². The van der Waals surface area contributed by atoms with Crippen LogP contribution in [0, 0.1) is 11.8 Å². The van der Waals surface area contributed by atoms with Gasteiger partial charge < -0.3 is 0 Å². The van der Waals surface area contributed by atoms with E-state index in [1.165, 1.54) is 44.9 Å². The molecule has 0 aromatic rings. The molecule has 0 bridgehead atoms. The summed E-state index contributed by atoms with van der Waals surface area (Å²) in [5.74, 6) is 1.16. The highest BCUT2D eigenvalue weighted by molar-refractivity contribution is 4.79. The predicted molar refractivity (Wildman–Crippen MR) is 67.6 cm³/mol. The fraction of sp³-hybridized carbons (Fsp3) is 1.00. The van der Waals surface area contributed by atoms with Crippen LogP contribution < -0.4 is 0 Å². The maximum atomic E-state index is 13.3. The van der Waals surface area contributed by atoms with E-state index < -0.39 is 12.3 Å². The van der Waals surface area contributed by atoms with E-state index in [0.717, 1.165) is 12.3 Å². The van der Waals surface area contributed by atoms with Gasteiger partial charge >= 0.3 is 0 Å². The van der Waals surface area contributed by atoms with Crippen LogP contribution in [0.15, 0.2) is 0 Å². The molecule has 0 spiro atoms. The minimum Gasteiger partial charge on any atom is -0.247 e. The van der Waals surface area contributed by atoms with Crippen molar-refractivity contribution in [2.24, 2.45) is 11.8 Å². The molecule has 0 nitrogen and oxygen atoms in total. The van der Waals surface area contributed by atoms with Gasteiger partial charge in [-0.25, -0.2) is 8.78 Å². The molecule has 0 aromatic carbocycles. The van der Waals surface area contributed by atoms with Gasteiger partial charge in [0.15, 0.2) is 0 Å². The highest BCUT2D eigenvalue weighted by atomic mass is 19.1. The molecule has 0 amide bonds. The van der Waals surface area contributed by atoms with Crippen molar-refractivity contribution in [3.8, 4) is 0 Å². The molecule has 0 saturated heterocycles. The van der Waals surface area contributed by atoms with Crippen molar-refractivity contribution >= 4 is 0 Å². The second-order valence-corrected chi connectivity index (χ2v) is 6.20. The first kappa shape index (κ1) is 13.3. The zero-order chi connectivity index (χ0) is 12.1. The normalized spacial score (nSPS) is 36.7. The monoisotopic (exact) mass is 244 g/mol. The van der Waals surface area contributed by atoms with Crippen LogP contribution in [0.4, 0.5) is 8.78 Å². The molecule has 2 rings (SSSR count). The highest BCUT2D eigenvalue weighted by Gasteiger charge is 2.28. The molecule has 2 fully saturated rings. The number of rotatable bonds is 3. The number of halogens is 2. The third-order valence-corrected chi connectivity index (χ3v) is 4.65. The molecule has 100 valence electrons. The van der Waals surface area contributed by atoms with E-state index in [2.05, 4.69) is 0 Å². The lowest BCUT2D eigenvalue weighted by Crippen LogP contribution is -2.25. The van der Waals surface area contributed by atoms with Crippen molar-refractivity contribution in [3.63, 3.8) is 0 Å². The summed E-state index contributed by atoms with van der Waals surface area (Å²) in [7, 11) is 0.